The van der Waals surface area contributed by atoms with Gasteiger partial charge in [-0.2, -0.15) is 9.57 Å². The first-order valence-electron chi connectivity index (χ1n) is 6.22. The molecule has 6 nitrogen and oxygen atoms in total. The molecule has 8 heteroatoms. The first-order valence-corrected chi connectivity index (χ1v) is 8.04. The highest BCUT2D eigenvalue weighted by Gasteiger charge is 2.30. The summed E-state index contributed by atoms with van der Waals surface area (Å²) in [6.07, 6.45) is 3.47. The normalized spacial score (nSPS) is 15.4. The third kappa shape index (κ3) is 2.42. The van der Waals surface area contributed by atoms with Gasteiger partial charge in [-0.1, -0.05) is 11.6 Å². The fraction of sp³-hybridized carbons (Fsp3) is 0.231. The predicted octanol–water partition coefficient (Wildman–Crippen LogP) is 1.61. The number of halogens is 1. The van der Waals surface area contributed by atoms with E-state index in [4.69, 9.17) is 16.9 Å². The Bertz CT molecular complexity index is 838. The van der Waals surface area contributed by atoms with Crippen molar-refractivity contribution in [3.63, 3.8) is 0 Å². The molecular formula is C13H11ClN4O2S. The first-order chi connectivity index (χ1) is 10.0. The Balaban J connectivity index is 2.01. The number of hydrogen-bond acceptors (Lipinski definition) is 4. The summed E-state index contributed by atoms with van der Waals surface area (Å²) in [7, 11) is -3.75. The van der Waals surface area contributed by atoms with E-state index in [-0.39, 0.29) is 22.0 Å². The molecule has 0 bridgehead atoms. The number of nitriles is 1. The monoisotopic (exact) mass is 322 g/mol. The average molecular weight is 323 g/mol. The molecule has 0 saturated heterocycles. The van der Waals surface area contributed by atoms with Gasteiger partial charge in [0.2, 0.25) is 10.0 Å². The van der Waals surface area contributed by atoms with Gasteiger partial charge >= 0.3 is 0 Å². The van der Waals surface area contributed by atoms with Crippen molar-refractivity contribution in [3.8, 4) is 6.07 Å². The van der Waals surface area contributed by atoms with Crippen molar-refractivity contribution in [3.05, 3.63) is 47.0 Å². The summed E-state index contributed by atoms with van der Waals surface area (Å²) in [5, 5.41) is 9.03. The van der Waals surface area contributed by atoms with Crippen LogP contribution in [-0.4, -0.2) is 28.8 Å². The Kier molecular flexibility index (Phi) is 3.45. The topological polar surface area (TPSA) is 79.0 Å². The number of hydrogen-bond donors (Lipinski definition) is 0. The van der Waals surface area contributed by atoms with Crippen LogP contribution in [0.25, 0.3) is 0 Å². The molecule has 2 aromatic rings. The van der Waals surface area contributed by atoms with Gasteiger partial charge in [0.05, 0.1) is 23.2 Å². The number of nitrogens with zero attached hydrogens (tertiary/aromatic N) is 4. The third-order valence-corrected chi connectivity index (χ3v) is 5.71. The molecule has 0 radical (unpaired) electrons. The zero-order valence-corrected chi connectivity index (χ0v) is 12.5. The lowest BCUT2D eigenvalue weighted by molar-refractivity contribution is 0.335. The van der Waals surface area contributed by atoms with E-state index in [2.05, 4.69) is 4.98 Å². The van der Waals surface area contributed by atoms with E-state index >= 15 is 0 Å². The van der Waals surface area contributed by atoms with Crippen LogP contribution in [0.2, 0.25) is 5.02 Å². The second kappa shape index (κ2) is 5.15. The fourth-order valence-corrected chi connectivity index (χ4v) is 4.15. The molecule has 0 unspecified atom stereocenters. The number of imidazole rings is 1. The second-order valence-corrected chi connectivity index (χ2v) is 6.95. The Labute approximate surface area is 127 Å². The van der Waals surface area contributed by atoms with E-state index < -0.39 is 10.0 Å². The van der Waals surface area contributed by atoms with Crippen molar-refractivity contribution in [1.82, 2.24) is 13.9 Å². The molecule has 0 amide bonds. The van der Waals surface area contributed by atoms with Crippen molar-refractivity contribution in [2.45, 2.75) is 18.0 Å². The smallest absolute Gasteiger partial charge is 0.245 e. The lowest BCUT2D eigenvalue weighted by Crippen LogP contribution is -2.38. The van der Waals surface area contributed by atoms with Gasteiger partial charge in [-0.05, 0) is 18.2 Å². The van der Waals surface area contributed by atoms with Gasteiger partial charge in [-0.25, -0.2) is 13.4 Å². The summed E-state index contributed by atoms with van der Waals surface area (Å²) in [4.78, 5) is 4.10. The Hall–Kier alpha value is -1.88. The van der Waals surface area contributed by atoms with Crippen LogP contribution in [0.5, 0.6) is 0 Å². The summed E-state index contributed by atoms with van der Waals surface area (Å²) in [6, 6.07) is 6.15. The molecule has 0 saturated carbocycles. The van der Waals surface area contributed by atoms with Crippen molar-refractivity contribution in [2.24, 2.45) is 0 Å². The van der Waals surface area contributed by atoms with Gasteiger partial charge in [-0.3, -0.25) is 0 Å². The van der Waals surface area contributed by atoms with Crippen molar-refractivity contribution in [2.75, 3.05) is 6.54 Å². The highest BCUT2D eigenvalue weighted by Crippen LogP contribution is 2.27. The van der Waals surface area contributed by atoms with E-state index in [0.29, 0.717) is 18.9 Å². The predicted molar refractivity (Wildman–Crippen MR) is 76.0 cm³/mol. The molecule has 3 rings (SSSR count). The zero-order valence-electron chi connectivity index (χ0n) is 10.9. The summed E-state index contributed by atoms with van der Waals surface area (Å²) in [5.41, 5.74) is 0.261. The van der Waals surface area contributed by atoms with Gasteiger partial charge in [-0.15, -0.1) is 0 Å². The van der Waals surface area contributed by atoms with Crippen LogP contribution in [0.3, 0.4) is 0 Å². The van der Waals surface area contributed by atoms with Gasteiger partial charge < -0.3 is 4.57 Å². The van der Waals surface area contributed by atoms with Crippen LogP contribution in [0.1, 0.15) is 11.4 Å². The van der Waals surface area contributed by atoms with Gasteiger partial charge in [0.1, 0.15) is 10.7 Å². The summed E-state index contributed by atoms with van der Waals surface area (Å²) >= 11 is 6.00. The Morgan fingerprint density at radius 1 is 1.33 bits per heavy atom. The molecule has 1 aliphatic rings. The highest BCUT2D eigenvalue weighted by atomic mass is 35.5. The van der Waals surface area contributed by atoms with Crippen LogP contribution >= 0.6 is 11.6 Å². The van der Waals surface area contributed by atoms with E-state index in [1.54, 1.807) is 6.20 Å². The Morgan fingerprint density at radius 2 is 2.14 bits per heavy atom. The minimum absolute atomic E-state index is 0.0387. The summed E-state index contributed by atoms with van der Waals surface area (Å²) in [6.45, 7) is 1.09. The highest BCUT2D eigenvalue weighted by molar-refractivity contribution is 7.89. The minimum atomic E-state index is -3.75. The maximum atomic E-state index is 12.7. The molecule has 0 fully saturated rings. The van der Waals surface area contributed by atoms with Crippen LogP contribution in [0, 0.1) is 11.3 Å². The lowest BCUT2D eigenvalue weighted by atomic mass is 10.2. The number of rotatable bonds is 2. The zero-order chi connectivity index (χ0) is 15.0. The van der Waals surface area contributed by atoms with E-state index in [1.165, 1.54) is 22.5 Å². The van der Waals surface area contributed by atoms with Gasteiger partial charge in [0, 0.05) is 25.5 Å². The minimum Gasteiger partial charge on any atom is -0.333 e. The molecule has 1 aliphatic heterocycles. The number of benzene rings is 1. The van der Waals surface area contributed by atoms with E-state index in [9.17, 15) is 8.42 Å². The third-order valence-electron chi connectivity index (χ3n) is 3.39. The first kappa shape index (κ1) is 14.1. The summed E-state index contributed by atoms with van der Waals surface area (Å²) < 4.78 is 28.7. The molecule has 2 heterocycles. The molecule has 1 aromatic carbocycles. The Morgan fingerprint density at radius 3 is 2.90 bits per heavy atom. The van der Waals surface area contributed by atoms with Crippen LogP contribution in [0.4, 0.5) is 0 Å². The number of fused-ring (bicyclic) bond motifs is 1. The number of sulfonamides is 1. The largest absolute Gasteiger partial charge is 0.333 e. The maximum Gasteiger partial charge on any atom is 0.245 e. The van der Waals surface area contributed by atoms with Crippen LogP contribution in [0.15, 0.2) is 35.5 Å². The van der Waals surface area contributed by atoms with Crippen LogP contribution in [-0.2, 0) is 23.1 Å². The average Bonchev–Trinajstić information content (AvgIpc) is 2.95. The fourth-order valence-electron chi connectivity index (χ4n) is 2.27. The molecule has 21 heavy (non-hydrogen) atoms. The van der Waals surface area contributed by atoms with E-state index in [1.807, 2.05) is 16.8 Å². The van der Waals surface area contributed by atoms with Crippen molar-refractivity contribution >= 4 is 21.6 Å². The number of aromatic nitrogens is 2. The quantitative estimate of drug-likeness (QED) is 0.841. The summed E-state index contributed by atoms with van der Waals surface area (Å²) in [5.74, 6) is 0.692. The van der Waals surface area contributed by atoms with E-state index in [0.717, 1.165) is 0 Å². The molecule has 0 aliphatic carbocycles. The molecule has 0 atom stereocenters. The van der Waals surface area contributed by atoms with Gasteiger partial charge in [0.25, 0.3) is 0 Å². The maximum absolute atomic E-state index is 12.7. The lowest BCUT2D eigenvalue weighted by Gasteiger charge is -2.27. The van der Waals surface area contributed by atoms with Gasteiger partial charge in [0.15, 0.2) is 0 Å². The molecular weight excluding hydrogens is 312 g/mol. The molecule has 108 valence electrons. The van der Waals surface area contributed by atoms with Crippen molar-refractivity contribution < 1.29 is 8.42 Å². The van der Waals surface area contributed by atoms with Crippen LogP contribution < -0.4 is 0 Å². The van der Waals surface area contributed by atoms with Crippen molar-refractivity contribution in [1.29, 1.82) is 5.26 Å². The molecule has 0 N–H and O–H groups in total. The molecule has 1 aromatic heterocycles. The standard InChI is InChI=1S/C13H11ClN4O2S/c14-11-2-1-10(8-15)7-12(11)21(19,20)18-6-5-17-4-3-16-13(17)9-18/h1-4,7H,5-6,9H2. The molecule has 0 spiro atoms. The second-order valence-electron chi connectivity index (χ2n) is 4.63. The SMILES string of the molecule is N#Cc1ccc(Cl)c(S(=O)(=O)N2CCn3ccnc3C2)c1.